The van der Waals surface area contributed by atoms with E-state index in [-0.39, 0.29) is 5.91 Å². The molecule has 5 nitrogen and oxygen atoms in total. The van der Waals surface area contributed by atoms with Gasteiger partial charge in [-0.15, -0.1) is 0 Å². The van der Waals surface area contributed by atoms with E-state index in [9.17, 15) is 4.79 Å². The Bertz CT molecular complexity index is 519. The maximum Gasteiger partial charge on any atom is 0.271 e. The van der Waals surface area contributed by atoms with Crippen LogP contribution in [0.2, 0.25) is 0 Å². The summed E-state index contributed by atoms with van der Waals surface area (Å²) in [4.78, 5) is 13.3. The van der Waals surface area contributed by atoms with E-state index in [0.29, 0.717) is 12.1 Å². The van der Waals surface area contributed by atoms with E-state index >= 15 is 0 Å². The van der Waals surface area contributed by atoms with Crippen LogP contribution in [-0.4, -0.2) is 15.8 Å². The van der Waals surface area contributed by atoms with E-state index in [1.807, 2.05) is 31.2 Å². The smallest absolute Gasteiger partial charge is 0.271 e. The highest BCUT2D eigenvalue weighted by molar-refractivity contribution is 5.99. The Morgan fingerprint density at radius 3 is 2.76 bits per heavy atom. The first-order chi connectivity index (χ1) is 8.20. The van der Waals surface area contributed by atoms with Gasteiger partial charge in [-0.25, -0.2) is 5.43 Å². The Morgan fingerprint density at radius 1 is 1.41 bits per heavy atom. The summed E-state index contributed by atoms with van der Waals surface area (Å²) in [5.41, 5.74) is 10.4. The van der Waals surface area contributed by atoms with Crippen LogP contribution >= 0.6 is 0 Å². The van der Waals surface area contributed by atoms with Gasteiger partial charge in [-0.05, 0) is 25.1 Å². The predicted molar refractivity (Wildman–Crippen MR) is 65.0 cm³/mol. The molecule has 0 saturated heterocycles. The fourth-order valence-corrected chi connectivity index (χ4v) is 1.55. The lowest BCUT2D eigenvalue weighted by Gasteiger charge is -2.07. The first-order valence-corrected chi connectivity index (χ1v) is 5.32. The number of carbonyl (C=O) groups excluding carboxylic acids is 1. The third-order valence-corrected chi connectivity index (χ3v) is 2.36. The van der Waals surface area contributed by atoms with Crippen molar-refractivity contribution < 1.29 is 4.79 Å². The van der Waals surface area contributed by atoms with Crippen molar-refractivity contribution in [3.63, 3.8) is 0 Å². The van der Waals surface area contributed by atoms with Crippen LogP contribution in [0.15, 0.2) is 36.4 Å². The molecule has 0 aliphatic heterocycles. The van der Waals surface area contributed by atoms with Crippen LogP contribution in [0.4, 0.5) is 0 Å². The molecule has 0 fully saturated rings. The van der Waals surface area contributed by atoms with Gasteiger partial charge in [-0.2, -0.15) is 9.89 Å². The molecule has 0 unspecified atom stereocenters. The topological polar surface area (TPSA) is 72.9 Å². The van der Waals surface area contributed by atoms with Gasteiger partial charge in [0.2, 0.25) is 0 Å². The second kappa shape index (κ2) is 4.80. The molecule has 88 valence electrons. The molecular weight excluding hydrogens is 216 g/mol. The molecule has 2 rings (SSSR count). The van der Waals surface area contributed by atoms with Gasteiger partial charge in [0.15, 0.2) is 0 Å². The van der Waals surface area contributed by atoms with Gasteiger partial charge in [-0.1, -0.05) is 18.2 Å². The molecule has 2 aromatic rings. The van der Waals surface area contributed by atoms with E-state index in [1.165, 1.54) is 4.79 Å². The molecule has 0 saturated carbocycles. The van der Waals surface area contributed by atoms with Crippen molar-refractivity contribution in [2.75, 3.05) is 5.43 Å². The highest BCUT2D eigenvalue weighted by Crippen LogP contribution is 2.03. The summed E-state index contributed by atoms with van der Waals surface area (Å²) >= 11 is 0. The molecular formula is C12H14N4O. The Morgan fingerprint density at radius 2 is 2.12 bits per heavy atom. The van der Waals surface area contributed by atoms with Crippen molar-refractivity contribution in [1.29, 1.82) is 0 Å². The number of aryl methyl sites for hydroxylation is 1. The number of amides is 1. The average Bonchev–Trinajstić information content (AvgIpc) is 2.70. The van der Waals surface area contributed by atoms with Crippen molar-refractivity contribution in [1.82, 2.24) is 9.89 Å². The number of carbonyl (C=O) groups is 1. The van der Waals surface area contributed by atoms with Gasteiger partial charge < -0.3 is 5.73 Å². The van der Waals surface area contributed by atoms with Crippen molar-refractivity contribution in [2.24, 2.45) is 5.73 Å². The van der Waals surface area contributed by atoms with Crippen LogP contribution in [-0.2, 0) is 6.54 Å². The summed E-state index contributed by atoms with van der Waals surface area (Å²) in [5, 5.41) is 4.15. The highest BCUT2D eigenvalue weighted by Gasteiger charge is 2.08. The summed E-state index contributed by atoms with van der Waals surface area (Å²) < 4.78 is 0. The second-order valence-electron chi connectivity index (χ2n) is 3.70. The molecule has 0 radical (unpaired) electrons. The number of nitrogens with two attached hydrogens (primary N) is 1. The Labute approximate surface area is 99.2 Å². The van der Waals surface area contributed by atoms with Crippen LogP contribution in [0.5, 0.6) is 0 Å². The summed E-state index contributed by atoms with van der Waals surface area (Å²) in [6.45, 7) is 2.18. The van der Waals surface area contributed by atoms with Gasteiger partial charge in [0, 0.05) is 12.1 Å². The van der Waals surface area contributed by atoms with Crippen molar-refractivity contribution in [3.05, 3.63) is 53.3 Å². The van der Waals surface area contributed by atoms with E-state index in [0.717, 1.165) is 11.4 Å². The number of benzene rings is 1. The monoisotopic (exact) mass is 230 g/mol. The van der Waals surface area contributed by atoms with Gasteiger partial charge in [0.05, 0.1) is 11.4 Å². The molecule has 1 amide bonds. The largest absolute Gasteiger partial charge is 0.325 e. The third-order valence-electron chi connectivity index (χ3n) is 2.36. The van der Waals surface area contributed by atoms with E-state index < -0.39 is 0 Å². The van der Waals surface area contributed by atoms with Crippen molar-refractivity contribution in [3.8, 4) is 0 Å². The Balaban J connectivity index is 2.18. The van der Waals surface area contributed by atoms with E-state index in [2.05, 4.69) is 10.5 Å². The molecule has 0 aliphatic rings. The lowest BCUT2D eigenvalue weighted by atomic mass is 10.2. The molecule has 3 N–H and O–H groups in total. The number of hydrogen-bond donors (Lipinski definition) is 2. The SMILES string of the molecule is Cc1cc(CN)n(NC(=O)c2ccccc2)n1. The maximum absolute atomic E-state index is 11.9. The average molecular weight is 230 g/mol. The van der Waals surface area contributed by atoms with Gasteiger partial charge in [0.1, 0.15) is 0 Å². The Kier molecular flexibility index (Phi) is 3.20. The normalized spacial score (nSPS) is 10.2. The molecule has 0 aliphatic carbocycles. The Hall–Kier alpha value is -2.14. The molecule has 17 heavy (non-hydrogen) atoms. The standard InChI is InChI=1S/C12H14N4O/c1-9-7-11(8-13)16(14-9)15-12(17)10-5-3-2-4-6-10/h2-7H,8,13H2,1H3,(H,15,17). The van der Waals surface area contributed by atoms with Crippen LogP contribution in [0.3, 0.4) is 0 Å². The first kappa shape index (κ1) is 11.3. The maximum atomic E-state index is 11.9. The zero-order valence-corrected chi connectivity index (χ0v) is 9.55. The minimum atomic E-state index is -0.205. The number of aromatic nitrogens is 2. The fraction of sp³-hybridized carbons (Fsp3) is 0.167. The molecule has 0 atom stereocenters. The summed E-state index contributed by atoms with van der Waals surface area (Å²) in [6.07, 6.45) is 0. The number of rotatable bonds is 3. The number of nitrogens with zero attached hydrogens (tertiary/aromatic N) is 2. The number of nitrogens with one attached hydrogen (secondary N) is 1. The number of hydrogen-bond acceptors (Lipinski definition) is 3. The zero-order chi connectivity index (χ0) is 12.3. The molecule has 5 heteroatoms. The quantitative estimate of drug-likeness (QED) is 0.827. The zero-order valence-electron chi connectivity index (χ0n) is 9.55. The summed E-state index contributed by atoms with van der Waals surface area (Å²) in [6, 6.07) is 10.8. The van der Waals surface area contributed by atoms with Gasteiger partial charge in [0.25, 0.3) is 5.91 Å². The fourth-order valence-electron chi connectivity index (χ4n) is 1.55. The third kappa shape index (κ3) is 2.51. The molecule has 1 aromatic carbocycles. The molecule has 0 spiro atoms. The van der Waals surface area contributed by atoms with Gasteiger partial charge in [-0.3, -0.25) is 4.79 Å². The van der Waals surface area contributed by atoms with E-state index in [1.54, 1.807) is 12.1 Å². The highest BCUT2D eigenvalue weighted by atomic mass is 16.2. The summed E-state index contributed by atoms with van der Waals surface area (Å²) in [5.74, 6) is -0.205. The van der Waals surface area contributed by atoms with Crippen LogP contribution in [0.1, 0.15) is 21.7 Å². The molecule has 0 bridgehead atoms. The lowest BCUT2D eigenvalue weighted by Crippen LogP contribution is -2.26. The minimum Gasteiger partial charge on any atom is -0.325 e. The predicted octanol–water partition coefficient (Wildman–Crippen LogP) is 1.03. The second-order valence-corrected chi connectivity index (χ2v) is 3.70. The van der Waals surface area contributed by atoms with Crippen LogP contribution < -0.4 is 11.2 Å². The first-order valence-electron chi connectivity index (χ1n) is 5.32. The van der Waals surface area contributed by atoms with E-state index in [4.69, 9.17) is 5.73 Å². The summed E-state index contributed by atoms with van der Waals surface area (Å²) in [7, 11) is 0. The minimum absolute atomic E-state index is 0.205. The van der Waals surface area contributed by atoms with Crippen LogP contribution in [0, 0.1) is 6.92 Å². The van der Waals surface area contributed by atoms with Crippen LogP contribution in [0.25, 0.3) is 0 Å². The lowest BCUT2D eigenvalue weighted by molar-refractivity contribution is 0.100. The van der Waals surface area contributed by atoms with Gasteiger partial charge >= 0.3 is 0 Å². The van der Waals surface area contributed by atoms with Crippen molar-refractivity contribution >= 4 is 5.91 Å². The molecule has 1 heterocycles. The van der Waals surface area contributed by atoms with Crippen molar-refractivity contribution in [2.45, 2.75) is 13.5 Å². The molecule has 1 aromatic heterocycles.